The number of hydrogen-bond donors (Lipinski definition) is 1. The van der Waals surface area contributed by atoms with Gasteiger partial charge in [-0.05, 0) is 33.2 Å². The number of ether oxygens (including phenoxy) is 1. The van der Waals surface area contributed by atoms with E-state index < -0.39 is 0 Å². The third-order valence-corrected chi connectivity index (χ3v) is 3.39. The molecule has 0 radical (unpaired) electrons. The van der Waals surface area contributed by atoms with Crippen molar-refractivity contribution in [2.75, 3.05) is 32.8 Å². The van der Waals surface area contributed by atoms with Crippen LogP contribution in [-0.2, 0) is 4.74 Å². The van der Waals surface area contributed by atoms with Crippen molar-refractivity contribution in [3.63, 3.8) is 0 Å². The van der Waals surface area contributed by atoms with Gasteiger partial charge in [-0.15, -0.1) is 0 Å². The zero-order chi connectivity index (χ0) is 10.0. The first-order chi connectivity index (χ1) is 6.67. The monoisotopic (exact) mass is 198 g/mol. The minimum absolute atomic E-state index is 0.321. The van der Waals surface area contributed by atoms with Crippen LogP contribution >= 0.6 is 0 Å². The third-order valence-electron chi connectivity index (χ3n) is 3.39. The summed E-state index contributed by atoms with van der Waals surface area (Å²) in [5.74, 6) is 0. The highest BCUT2D eigenvalue weighted by atomic mass is 16.5. The van der Waals surface area contributed by atoms with Gasteiger partial charge in [-0.2, -0.15) is 0 Å². The van der Waals surface area contributed by atoms with Crippen molar-refractivity contribution < 1.29 is 4.74 Å². The Morgan fingerprint density at radius 2 is 2.00 bits per heavy atom. The van der Waals surface area contributed by atoms with Crippen LogP contribution in [0.15, 0.2) is 0 Å². The molecule has 3 nitrogen and oxygen atoms in total. The third kappa shape index (κ3) is 2.47. The van der Waals surface area contributed by atoms with Gasteiger partial charge in [0.25, 0.3) is 0 Å². The van der Waals surface area contributed by atoms with Crippen LogP contribution in [0.2, 0.25) is 0 Å². The summed E-state index contributed by atoms with van der Waals surface area (Å²) in [6, 6.07) is 0.773. The van der Waals surface area contributed by atoms with Gasteiger partial charge in [0.05, 0.1) is 13.2 Å². The lowest BCUT2D eigenvalue weighted by molar-refractivity contribution is 0.00125. The molecular weight excluding hydrogens is 176 g/mol. The molecule has 2 aliphatic rings. The molecule has 0 aromatic heterocycles. The molecular formula is C11H22N2O. The van der Waals surface area contributed by atoms with Gasteiger partial charge in [-0.25, -0.2) is 0 Å². The standard InChI is InChI=1S/C11H22N2O/c1-11(2)9-10(3-4-12-11)13-5-7-14-8-6-13/h10,12H,3-9H2,1-2H3. The minimum Gasteiger partial charge on any atom is -0.379 e. The molecule has 2 aliphatic heterocycles. The van der Waals surface area contributed by atoms with Crippen LogP contribution in [0.1, 0.15) is 26.7 Å². The van der Waals surface area contributed by atoms with Crippen molar-refractivity contribution in [2.24, 2.45) is 0 Å². The highest BCUT2D eigenvalue weighted by Gasteiger charge is 2.31. The number of nitrogens with one attached hydrogen (secondary N) is 1. The summed E-state index contributed by atoms with van der Waals surface area (Å²) < 4.78 is 5.39. The van der Waals surface area contributed by atoms with E-state index in [1.807, 2.05) is 0 Å². The van der Waals surface area contributed by atoms with Crippen LogP contribution in [0.25, 0.3) is 0 Å². The fourth-order valence-electron chi connectivity index (χ4n) is 2.59. The van der Waals surface area contributed by atoms with Crippen molar-refractivity contribution >= 4 is 0 Å². The van der Waals surface area contributed by atoms with Gasteiger partial charge < -0.3 is 10.1 Å². The molecule has 2 fully saturated rings. The topological polar surface area (TPSA) is 24.5 Å². The van der Waals surface area contributed by atoms with E-state index in [0.717, 1.165) is 38.9 Å². The average Bonchev–Trinajstić information content (AvgIpc) is 2.18. The molecule has 82 valence electrons. The molecule has 2 rings (SSSR count). The first-order valence-corrected chi connectivity index (χ1v) is 5.74. The molecule has 1 atom stereocenters. The quantitative estimate of drug-likeness (QED) is 0.676. The molecule has 0 aliphatic carbocycles. The van der Waals surface area contributed by atoms with Crippen LogP contribution < -0.4 is 5.32 Å². The summed E-state index contributed by atoms with van der Waals surface area (Å²) in [7, 11) is 0. The second kappa shape index (κ2) is 4.17. The lowest BCUT2D eigenvalue weighted by Crippen LogP contribution is -2.55. The van der Waals surface area contributed by atoms with Crippen molar-refractivity contribution in [2.45, 2.75) is 38.3 Å². The van der Waals surface area contributed by atoms with Crippen LogP contribution in [0, 0.1) is 0 Å². The first kappa shape index (κ1) is 10.4. The SMILES string of the molecule is CC1(C)CC(N2CCOCC2)CCN1. The van der Waals surface area contributed by atoms with Crippen molar-refractivity contribution in [1.29, 1.82) is 0 Å². The predicted molar refractivity (Wildman–Crippen MR) is 57.5 cm³/mol. The number of piperidine rings is 1. The summed E-state index contributed by atoms with van der Waals surface area (Å²) in [6.45, 7) is 9.87. The second-order valence-electron chi connectivity index (χ2n) is 5.11. The number of hydrogen-bond acceptors (Lipinski definition) is 3. The van der Waals surface area contributed by atoms with Crippen molar-refractivity contribution in [3.05, 3.63) is 0 Å². The van der Waals surface area contributed by atoms with E-state index in [4.69, 9.17) is 4.74 Å². The van der Waals surface area contributed by atoms with Crippen molar-refractivity contribution in [1.82, 2.24) is 10.2 Å². The number of nitrogens with zero attached hydrogens (tertiary/aromatic N) is 1. The van der Waals surface area contributed by atoms with E-state index in [1.165, 1.54) is 12.8 Å². The molecule has 0 bridgehead atoms. The minimum atomic E-state index is 0.321. The van der Waals surface area contributed by atoms with E-state index >= 15 is 0 Å². The van der Waals surface area contributed by atoms with Crippen LogP contribution in [0.4, 0.5) is 0 Å². The lowest BCUT2D eigenvalue weighted by Gasteiger charge is -2.43. The molecule has 2 saturated heterocycles. The Bertz CT molecular complexity index is 188. The maximum absolute atomic E-state index is 5.39. The summed E-state index contributed by atoms with van der Waals surface area (Å²) in [5.41, 5.74) is 0.321. The fourth-order valence-corrected chi connectivity index (χ4v) is 2.59. The molecule has 0 amide bonds. The van der Waals surface area contributed by atoms with E-state index in [2.05, 4.69) is 24.1 Å². The van der Waals surface area contributed by atoms with E-state index in [9.17, 15) is 0 Å². The Hall–Kier alpha value is -0.120. The van der Waals surface area contributed by atoms with Gasteiger partial charge in [-0.3, -0.25) is 4.90 Å². The number of morpholine rings is 1. The molecule has 0 spiro atoms. The molecule has 2 heterocycles. The summed E-state index contributed by atoms with van der Waals surface area (Å²) in [4.78, 5) is 2.60. The molecule has 0 saturated carbocycles. The van der Waals surface area contributed by atoms with Gasteiger partial charge in [0.15, 0.2) is 0 Å². The van der Waals surface area contributed by atoms with E-state index in [0.29, 0.717) is 5.54 Å². The van der Waals surface area contributed by atoms with E-state index in [1.54, 1.807) is 0 Å². The normalized spacial score (nSPS) is 34.3. The van der Waals surface area contributed by atoms with Gasteiger partial charge in [0.2, 0.25) is 0 Å². The van der Waals surface area contributed by atoms with E-state index in [-0.39, 0.29) is 0 Å². The lowest BCUT2D eigenvalue weighted by atomic mass is 9.88. The molecule has 1 unspecified atom stereocenters. The zero-order valence-electron chi connectivity index (χ0n) is 9.38. The molecule has 1 N–H and O–H groups in total. The summed E-state index contributed by atoms with van der Waals surface area (Å²) in [5, 5.41) is 3.57. The molecule has 3 heteroatoms. The molecule has 0 aromatic carbocycles. The zero-order valence-corrected chi connectivity index (χ0v) is 9.38. The molecule has 14 heavy (non-hydrogen) atoms. The second-order valence-corrected chi connectivity index (χ2v) is 5.11. The summed E-state index contributed by atoms with van der Waals surface area (Å²) in [6.07, 6.45) is 2.57. The Kier molecular flexibility index (Phi) is 3.10. The first-order valence-electron chi connectivity index (χ1n) is 5.74. The Morgan fingerprint density at radius 1 is 1.29 bits per heavy atom. The number of rotatable bonds is 1. The largest absolute Gasteiger partial charge is 0.379 e. The highest BCUT2D eigenvalue weighted by Crippen LogP contribution is 2.23. The maximum atomic E-state index is 5.39. The highest BCUT2D eigenvalue weighted by molar-refractivity contribution is 4.90. The Balaban J connectivity index is 1.89. The Morgan fingerprint density at radius 3 is 2.64 bits per heavy atom. The fraction of sp³-hybridized carbons (Fsp3) is 1.00. The summed E-state index contributed by atoms with van der Waals surface area (Å²) >= 11 is 0. The van der Waals surface area contributed by atoms with Crippen molar-refractivity contribution in [3.8, 4) is 0 Å². The molecule has 0 aromatic rings. The van der Waals surface area contributed by atoms with Crippen LogP contribution in [-0.4, -0.2) is 49.3 Å². The van der Waals surface area contributed by atoms with Gasteiger partial charge in [0.1, 0.15) is 0 Å². The van der Waals surface area contributed by atoms with Crippen LogP contribution in [0.5, 0.6) is 0 Å². The predicted octanol–water partition coefficient (Wildman–Crippen LogP) is 0.849. The van der Waals surface area contributed by atoms with Crippen LogP contribution in [0.3, 0.4) is 0 Å². The average molecular weight is 198 g/mol. The van der Waals surface area contributed by atoms with Gasteiger partial charge in [0, 0.05) is 24.7 Å². The van der Waals surface area contributed by atoms with Gasteiger partial charge >= 0.3 is 0 Å². The smallest absolute Gasteiger partial charge is 0.0594 e. The van der Waals surface area contributed by atoms with Gasteiger partial charge in [-0.1, -0.05) is 0 Å². The Labute approximate surface area is 86.8 Å². The maximum Gasteiger partial charge on any atom is 0.0594 e.